The number of phenolic OH excluding ortho intramolecular Hbond substituents is 1. The zero-order valence-corrected chi connectivity index (χ0v) is 25.7. The molecule has 2 atom stereocenters. The fourth-order valence-electron chi connectivity index (χ4n) is 4.32. The predicted octanol–water partition coefficient (Wildman–Crippen LogP) is 6.09. The highest BCUT2D eigenvalue weighted by atomic mass is 32.1. The topological polar surface area (TPSA) is 117 Å². The molecule has 226 valence electrons. The summed E-state index contributed by atoms with van der Waals surface area (Å²) in [4.78, 5) is 41.9. The second-order valence-electron chi connectivity index (χ2n) is 10.9. The van der Waals surface area contributed by atoms with E-state index in [9.17, 15) is 19.5 Å². The molecule has 0 saturated carbocycles. The Morgan fingerprint density at radius 2 is 1.61 bits per heavy atom. The first-order chi connectivity index (χ1) is 19.5. The van der Waals surface area contributed by atoms with Gasteiger partial charge in [0.05, 0.1) is 7.11 Å². The number of nitrogens with one attached hydrogen (secondary N) is 2. The molecule has 0 fully saturated rings. The summed E-state index contributed by atoms with van der Waals surface area (Å²) in [7, 11) is 1.55. The summed E-state index contributed by atoms with van der Waals surface area (Å²) in [5.74, 6) is -0.516. The third-order valence-corrected chi connectivity index (χ3v) is 6.72. The third-order valence-electron chi connectivity index (χ3n) is 6.36. The SMILES string of the molecule is CCCCCCCCN(C(=O)C(CS)NC(=O)OC(C)(C)C)C(C(=O)Nc1ccc(OC)cc1)c1ccccc1O. The molecule has 0 aromatic heterocycles. The van der Waals surface area contributed by atoms with Gasteiger partial charge in [0.25, 0.3) is 5.91 Å². The Morgan fingerprint density at radius 1 is 0.976 bits per heavy atom. The molecular formula is C31H45N3O6S. The number of thiol groups is 1. The first kappa shape index (κ1) is 33.8. The second-order valence-corrected chi connectivity index (χ2v) is 11.2. The number of alkyl carbamates (subject to hydrolysis) is 1. The molecule has 0 spiro atoms. The van der Waals surface area contributed by atoms with Crippen LogP contribution < -0.4 is 15.4 Å². The zero-order valence-electron chi connectivity index (χ0n) is 24.8. The Hall–Kier alpha value is -3.40. The van der Waals surface area contributed by atoms with Crippen molar-refractivity contribution in [2.45, 2.75) is 83.9 Å². The van der Waals surface area contributed by atoms with Crippen LogP contribution in [-0.2, 0) is 14.3 Å². The van der Waals surface area contributed by atoms with Crippen LogP contribution in [0.25, 0.3) is 0 Å². The fourth-order valence-corrected chi connectivity index (χ4v) is 4.57. The van der Waals surface area contributed by atoms with Crippen LogP contribution in [0.4, 0.5) is 10.5 Å². The van der Waals surface area contributed by atoms with Gasteiger partial charge in [0, 0.05) is 23.5 Å². The molecule has 0 heterocycles. The molecule has 0 saturated heterocycles. The van der Waals surface area contributed by atoms with E-state index in [0.29, 0.717) is 17.9 Å². The van der Waals surface area contributed by atoms with Crippen LogP contribution in [0.2, 0.25) is 0 Å². The van der Waals surface area contributed by atoms with Gasteiger partial charge < -0.3 is 30.1 Å². The molecule has 2 rings (SSSR count). The summed E-state index contributed by atoms with van der Waals surface area (Å²) < 4.78 is 10.6. The van der Waals surface area contributed by atoms with E-state index >= 15 is 0 Å². The van der Waals surface area contributed by atoms with Crippen LogP contribution in [0.3, 0.4) is 0 Å². The van der Waals surface area contributed by atoms with Crippen molar-refractivity contribution in [1.82, 2.24) is 10.2 Å². The van der Waals surface area contributed by atoms with Crippen LogP contribution in [0, 0.1) is 0 Å². The number of rotatable bonds is 15. The first-order valence-corrected chi connectivity index (χ1v) is 14.8. The Labute approximate surface area is 249 Å². The van der Waals surface area contributed by atoms with E-state index < -0.39 is 35.6 Å². The van der Waals surface area contributed by atoms with Crippen LogP contribution in [-0.4, -0.2) is 59.0 Å². The van der Waals surface area contributed by atoms with Gasteiger partial charge in [-0.25, -0.2) is 4.79 Å². The highest BCUT2D eigenvalue weighted by molar-refractivity contribution is 7.80. The van der Waals surface area contributed by atoms with Gasteiger partial charge in [-0.1, -0.05) is 57.2 Å². The number of aromatic hydroxyl groups is 1. The summed E-state index contributed by atoms with van der Waals surface area (Å²) in [6.45, 7) is 7.57. The number of anilines is 1. The third kappa shape index (κ3) is 11.2. The van der Waals surface area contributed by atoms with Gasteiger partial charge in [0.2, 0.25) is 5.91 Å². The molecule has 2 aromatic carbocycles. The Balaban J connectivity index is 2.44. The van der Waals surface area contributed by atoms with Crippen molar-refractivity contribution in [2.75, 3.05) is 24.7 Å². The monoisotopic (exact) mass is 587 g/mol. The number of carbonyl (C=O) groups is 3. The zero-order chi connectivity index (χ0) is 30.4. The minimum atomic E-state index is -1.18. The summed E-state index contributed by atoms with van der Waals surface area (Å²) in [5.41, 5.74) is 0.0112. The molecule has 9 nitrogen and oxygen atoms in total. The van der Waals surface area contributed by atoms with Crippen molar-refractivity contribution >= 4 is 36.2 Å². The molecular weight excluding hydrogens is 542 g/mol. The molecule has 3 N–H and O–H groups in total. The number of nitrogens with zero attached hydrogens (tertiary/aromatic N) is 1. The normalized spacial score (nSPS) is 12.6. The average Bonchev–Trinajstić information content (AvgIpc) is 2.92. The molecule has 0 aliphatic carbocycles. The van der Waals surface area contributed by atoms with E-state index in [1.165, 1.54) is 11.0 Å². The molecule has 10 heteroatoms. The van der Waals surface area contributed by atoms with Gasteiger partial charge in [0.15, 0.2) is 0 Å². The van der Waals surface area contributed by atoms with E-state index in [-0.39, 0.29) is 23.6 Å². The standard InChI is InChI=1S/C31H45N3O6S/c1-6-7-8-9-10-13-20-34(29(37)25(21-41)33-30(38)40-31(2,3)4)27(24-14-11-12-15-26(24)35)28(36)32-22-16-18-23(39-5)19-17-22/h11-12,14-19,25,27,35,41H,6-10,13,20-21H2,1-5H3,(H,32,36)(H,33,38). The van der Waals surface area contributed by atoms with E-state index in [2.05, 4.69) is 30.2 Å². The van der Waals surface area contributed by atoms with Crippen molar-refractivity contribution in [3.8, 4) is 11.5 Å². The lowest BCUT2D eigenvalue weighted by atomic mass is 10.0. The van der Waals surface area contributed by atoms with Gasteiger partial charge >= 0.3 is 6.09 Å². The molecule has 41 heavy (non-hydrogen) atoms. The Morgan fingerprint density at radius 3 is 2.20 bits per heavy atom. The number of para-hydroxylation sites is 1. The summed E-state index contributed by atoms with van der Waals surface area (Å²) in [6.07, 6.45) is 5.09. The van der Waals surface area contributed by atoms with Crippen molar-refractivity contribution in [2.24, 2.45) is 0 Å². The summed E-state index contributed by atoms with van der Waals surface area (Å²) >= 11 is 4.33. The minimum absolute atomic E-state index is 0.0152. The van der Waals surface area contributed by atoms with Crippen molar-refractivity contribution < 1.29 is 29.0 Å². The Bertz CT molecular complexity index is 1120. The lowest BCUT2D eigenvalue weighted by Crippen LogP contribution is -2.53. The molecule has 3 amide bonds. The average molecular weight is 588 g/mol. The van der Waals surface area contributed by atoms with Crippen LogP contribution in [0.1, 0.15) is 77.8 Å². The van der Waals surface area contributed by atoms with E-state index in [1.807, 2.05) is 0 Å². The van der Waals surface area contributed by atoms with Crippen molar-refractivity contribution in [1.29, 1.82) is 0 Å². The number of carbonyl (C=O) groups excluding carboxylic acids is 3. The number of methoxy groups -OCH3 is 1. The smallest absolute Gasteiger partial charge is 0.408 e. The lowest BCUT2D eigenvalue weighted by Gasteiger charge is -2.34. The number of phenols is 1. The predicted molar refractivity (Wildman–Crippen MR) is 165 cm³/mol. The van der Waals surface area contributed by atoms with Gasteiger partial charge in [-0.15, -0.1) is 0 Å². The second kappa shape index (κ2) is 16.8. The summed E-state index contributed by atoms with van der Waals surface area (Å²) in [5, 5.41) is 16.3. The first-order valence-electron chi connectivity index (χ1n) is 14.1. The molecule has 0 aliphatic rings. The largest absolute Gasteiger partial charge is 0.508 e. The Kier molecular flexibility index (Phi) is 13.8. The lowest BCUT2D eigenvalue weighted by molar-refractivity contribution is -0.140. The van der Waals surface area contributed by atoms with E-state index in [1.54, 1.807) is 70.3 Å². The van der Waals surface area contributed by atoms with Gasteiger partial charge in [-0.3, -0.25) is 9.59 Å². The molecule has 0 bridgehead atoms. The maximum absolute atomic E-state index is 14.0. The van der Waals surface area contributed by atoms with Crippen molar-refractivity contribution in [3.63, 3.8) is 0 Å². The van der Waals surface area contributed by atoms with Crippen LogP contribution in [0.15, 0.2) is 48.5 Å². The molecule has 0 radical (unpaired) electrons. The van der Waals surface area contributed by atoms with Gasteiger partial charge in [-0.05, 0) is 57.5 Å². The fraction of sp³-hybridized carbons (Fsp3) is 0.516. The molecule has 2 unspecified atom stereocenters. The van der Waals surface area contributed by atoms with Gasteiger partial charge in [0.1, 0.15) is 29.2 Å². The summed E-state index contributed by atoms with van der Waals surface area (Å²) in [6, 6.07) is 11.0. The quantitative estimate of drug-likeness (QED) is 0.148. The maximum atomic E-state index is 14.0. The maximum Gasteiger partial charge on any atom is 0.408 e. The number of unbranched alkanes of at least 4 members (excludes halogenated alkanes) is 5. The number of hydrogen-bond acceptors (Lipinski definition) is 7. The van der Waals surface area contributed by atoms with E-state index in [4.69, 9.17) is 9.47 Å². The number of hydrogen-bond donors (Lipinski definition) is 4. The highest BCUT2D eigenvalue weighted by Crippen LogP contribution is 2.31. The molecule has 0 aliphatic heterocycles. The van der Waals surface area contributed by atoms with Crippen LogP contribution in [0.5, 0.6) is 11.5 Å². The minimum Gasteiger partial charge on any atom is -0.508 e. The van der Waals surface area contributed by atoms with Gasteiger partial charge in [-0.2, -0.15) is 12.6 Å². The van der Waals surface area contributed by atoms with Crippen molar-refractivity contribution in [3.05, 3.63) is 54.1 Å². The number of benzene rings is 2. The molecule has 2 aromatic rings. The van der Waals surface area contributed by atoms with E-state index in [0.717, 1.165) is 32.1 Å². The highest BCUT2D eigenvalue weighted by Gasteiger charge is 2.37. The number of ether oxygens (including phenoxy) is 2. The van der Waals surface area contributed by atoms with Crippen LogP contribution >= 0.6 is 12.6 Å². The number of amides is 3.